The molecule has 0 amide bonds. The Labute approximate surface area is 77.2 Å². The molecule has 0 saturated heterocycles. The van der Waals surface area contributed by atoms with E-state index in [1.54, 1.807) is 6.07 Å². The lowest BCUT2D eigenvalue weighted by Gasteiger charge is -2.10. The molecule has 2 nitrogen and oxygen atoms in total. The Morgan fingerprint density at radius 2 is 2.23 bits per heavy atom. The van der Waals surface area contributed by atoms with E-state index in [0.29, 0.717) is 0 Å². The van der Waals surface area contributed by atoms with Crippen molar-refractivity contribution in [3.8, 4) is 5.75 Å². The molecule has 1 aromatic carbocycles. The van der Waals surface area contributed by atoms with Crippen LogP contribution in [0.2, 0.25) is 0 Å². The Bertz CT molecular complexity index is 288. The molecule has 1 aromatic rings. The van der Waals surface area contributed by atoms with E-state index in [1.807, 2.05) is 6.92 Å². The summed E-state index contributed by atoms with van der Waals surface area (Å²) in [4.78, 5) is 0. The summed E-state index contributed by atoms with van der Waals surface area (Å²) >= 11 is 0. The van der Waals surface area contributed by atoms with Gasteiger partial charge in [-0.15, -0.1) is 0 Å². The second kappa shape index (κ2) is 4.23. The Hall–Kier alpha value is -1.09. The standard InChI is InChI=1S/C10H14FNO/c1-2-3-9(12)7-4-5-8(11)10(13)6-7/h4-6,9,13H,2-3,12H2,1H3/t9-/m1/s1. The molecule has 0 saturated carbocycles. The van der Waals surface area contributed by atoms with Crippen molar-refractivity contribution in [2.24, 2.45) is 5.73 Å². The molecule has 13 heavy (non-hydrogen) atoms. The summed E-state index contributed by atoms with van der Waals surface area (Å²) in [6.07, 6.45) is 1.81. The van der Waals surface area contributed by atoms with Gasteiger partial charge in [0.15, 0.2) is 11.6 Å². The SMILES string of the molecule is CCC[C@@H](N)c1ccc(F)c(O)c1. The van der Waals surface area contributed by atoms with E-state index in [0.717, 1.165) is 18.4 Å². The number of hydrogen-bond acceptors (Lipinski definition) is 2. The number of aromatic hydroxyl groups is 1. The third-order valence-electron chi connectivity index (χ3n) is 2.00. The minimum absolute atomic E-state index is 0.114. The molecule has 0 aliphatic rings. The fourth-order valence-electron chi connectivity index (χ4n) is 1.24. The maximum atomic E-state index is 12.7. The van der Waals surface area contributed by atoms with Gasteiger partial charge >= 0.3 is 0 Å². The van der Waals surface area contributed by atoms with Gasteiger partial charge in [0.2, 0.25) is 0 Å². The predicted octanol–water partition coefficient (Wildman–Crippen LogP) is 2.33. The van der Waals surface area contributed by atoms with Crippen LogP contribution < -0.4 is 5.73 Å². The number of rotatable bonds is 3. The molecule has 0 heterocycles. The highest BCUT2D eigenvalue weighted by Crippen LogP contribution is 2.22. The van der Waals surface area contributed by atoms with E-state index in [9.17, 15) is 4.39 Å². The number of phenolic OH excluding ortho intramolecular Hbond substituents is 1. The lowest BCUT2D eigenvalue weighted by molar-refractivity contribution is 0.430. The first-order valence-electron chi connectivity index (χ1n) is 4.39. The summed E-state index contributed by atoms with van der Waals surface area (Å²) in [5.74, 6) is -0.934. The van der Waals surface area contributed by atoms with Crippen LogP contribution in [0, 0.1) is 5.82 Å². The van der Waals surface area contributed by atoms with Gasteiger partial charge in [0.05, 0.1) is 0 Å². The van der Waals surface area contributed by atoms with Crippen molar-refractivity contribution in [2.75, 3.05) is 0 Å². The molecule has 0 unspecified atom stereocenters. The van der Waals surface area contributed by atoms with Crippen LogP contribution in [0.5, 0.6) is 5.75 Å². The van der Waals surface area contributed by atoms with E-state index in [1.165, 1.54) is 12.1 Å². The molecule has 1 atom stereocenters. The summed E-state index contributed by atoms with van der Waals surface area (Å²) < 4.78 is 12.7. The van der Waals surface area contributed by atoms with Crippen LogP contribution >= 0.6 is 0 Å². The molecule has 1 rings (SSSR count). The van der Waals surface area contributed by atoms with Gasteiger partial charge in [0.25, 0.3) is 0 Å². The van der Waals surface area contributed by atoms with E-state index in [-0.39, 0.29) is 11.8 Å². The zero-order valence-corrected chi connectivity index (χ0v) is 7.63. The molecular weight excluding hydrogens is 169 g/mol. The topological polar surface area (TPSA) is 46.2 Å². The Kier molecular flexibility index (Phi) is 3.25. The smallest absolute Gasteiger partial charge is 0.164 e. The molecular formula is C10H14FNO. The average Bonchev–Trinajstić information content (AvgIpc) is 2.10. The molecule has 0 fully saturated rings. The molecule has 0 aliphatic carbocycles. The molecule has 3 heteroatoms. The molecule has 0 bridgehead atoms. The highest BCUT2D eigenvalue weighted by molar-refractivity contribution is 5.30. The third-order valence-corrected chi connectivity index (χ3v) is 2.00. The van der Waals surface area contributed by atoms with E-state index >= 15 is 0 Å². The molecule has 0 radical (unpaired) electrons. The average molecular weight is 183 g/mol. The minimum Gasteiger partial charge on any atom is -0.505 e. The van der Waals surface area contributed by atoms with Gasteiger partial charge in [0.1, 0.15) is 0 Å². The van der Waals surface area contributed by atoms with Crippen LogP contribution in [0.1, 0.15) is 31.4 Å². The van der Waals surface area contributed by atoms with Crippen LogP contribution in [0.4, 0.5) is 4.39 Å². The van der Waals surface area contributed by atoms with Gasteiger partial charge in [-0.2, -0.15) is 0 Å². The van der Waals surface area contributed by atoms with Crippen molar-refractivity contribution < 1.29 is 9.50 Å². The van der Waals surface area contributed by atoms with E-state index < -0.39 is 5.82 Å². The fourth-order valence-corrected chi connectivity index (χ4v) is 1.24. The number of benzene rings is 1. The molecule has 72 valence electrons. The monoisotopic (exact) mass is 183 g/mol. The summed E-state index contributed by atoms with van der Waals surface area (Å²) in [6.45, 7) is 2.03. The van der Waals surface area contributed by atoms with Crippen LogP contribution in [0.15, 0.2) is 18.2 Å². The van der Waals surface area contributed by atoms with Crippen LogP contribution in [0.25, 0.3) is 0 Å². The maximum absolute atomic E-state index is 12.7. The molecule has 0 spiro atoms. The second-order valence-electron chi connectivity index (χ2n) is 3.11. The van der Waals surface area contributed by atoms with Gasteiger partial charge in [0, 0.05) is 6.04 Å². The van der Waals surface area contributed by atoms with Crippen LogP contribution in [-0.4, -0.2) is 5.11 Å². The van der Waals surface area contributed by atoms with Crippen molar-refractivity contribution in [3.05, 3.63) is 29.6 Å². The van der Waals surface area contributed by atoms with E-state index in [2.05, 4.69) is 0 Å². The molecule has 0 aliphatic heterocycles. The summed E-state index contributed by atoms with van der Waals surface area (Å²) in [5, 5.41) is 9.09. The Morgan fingerprint density at radius 3 is 2.77 bits per heavy atom. The highest BCUT2D eigenvalue weighted by atomic mass is 19.1. The number of hydrogen-bond donors (Lipinski definition) is 2. The molecule has 3 N–H and O–H groups in total. The van der Waals surface area contributed by atoms with Crippen molar-refractivity contribution in [1.29, 1.82) is 0 Å². The first-order chi connectivity index (χ1) is 6.15. The normalized spacial score (nSPS) is 12.8. The van der Waals surface area contributed by atoms with Crippen LogP contribution in [-0.2, 0) is 0 Å². The first-order valence-corrected chi connectivity index (χ1v) is 4.39. The maximum Gasteiger partial charge on any atom is 0.164 e. The Balaban J connectivity index is 2.84. The van der Waals surface area contributed by atoms with Gasteiger partial charge in [-0.05, 0) is 24.1 Å². The van der Waals surface area contributed by atoms with E-state index in [4.69, 9.17) is 10.8 Å². The van der Waals surface area contributed by atoms with Crippen LogP contribution in [0.3, 0.4) is 0 Å². The van der Waals surface area contributed by atoms with Gasteiger partial charge in [-0.1, -0.05) is 19.4 Å². The number of nitrogens with two attached hydrogens (primary N) is 1. The lowest BCUT2D eigenvalue weighted by Crippen LogP contribution is -2.09. The highest BCUT2D eigenvalue weighted by Gasteiger charge is 2.07. The lowest BCUT2D eigenvalue weighted by atomic mass is 10.0. The van der Waals surface area contributed by atoms with Crippen molar-refractivity contribution >= 4 is 0 Å². The largest absolute Gasteiger partial charge is 0.505 e. The van der Waals surface area contributed by atoms with Gasteiger partial charge < -0.3 is 10.8 Å². The Morgan fingerprint density at radius 1 is 1.54 bits per heavy atom. The second-order valence-corrected chi connectivity index (χ2v) is 3.11. The minimum atomic E-state index is -0.604. The van der Waals surface area contributed by atoms with Crippen molar-refractivity contribution in [3.63, 3.8) is 0 Å². The number of phenols is 1. The quantitative estimate of drug-likeness (QED) is 0.755. The first kappa shape index (κ1) is 9.99. The van der Waals surface area contributed by atoms with Crippen molar-refractivity contribution in [2.45, 2.75) is 25.8 Å². The fraction of sp³-hybridized carbons (Fsp3) is 0.400. The predicted molar refractivity (Wildman–Crippen MR) is 49.9 cm³/mol. The summed E-state index contributed by atoms with van der Waals surface area (Å²) in [6, 6.07) is 4.11. The third kappa shape index (κ3) is 2.42. The molecule has 0 aromatic heterocycles. The van der Waals surface area contributed by atoms with Gasteiger partial charge in [-0.3, -0.25) is 0 Å². The summed E-state index contributed by atoms with van der Waals surface area (Å²) in [5.41, 5.74) is 6.57. The van der Waals surface area contributed by atoms with Crippen molar-refractivity contribution in [1.82, 2.24) is 0 Å². The summed E-state index contributed by atoms with van der Waals surface area (Å²) in [7, 11) is 0. The van der Waals surface area contributed by atoms with Gasteiger partial charge in [-0.25, -0.2) is 4.39 Å². The number of halogens is 1. The zero-order chi connectivity index (χ0) is 9.84. The zero-order valence-electron chi connectivity index (χ0n) is 7.63.